The number of carbonyl (C=O) groups excluding carboxylic acids is 1. The van der Waals surface area contributed by atoms with Crippen molar-refractivity contribution in [2.24, 2.45) is 5.92 Å². The number of rotatable bonds is 3. The van der Waals surface area contributed by atoms with Crippen LogP contribution in [0.4, 0.5) is 0 Å². The van der Waals surface area contributed by atoms with Crippen LogP contribution < -0.4 is 0 Å². The lowest BCUT2D eigenvalue weighted by Gasteiger charge is -2.41. The van der Waals surface area contributed by atoms with Crippen LogP contribution in [0.5, 0.6) is 0 Å². The highest BCUT2D eigenvalue weighted by Gasteiger charge is 2.43. The second-order valence-corrected chi connectivity index (χ2v) is 6.85. The van der Waals surface area contributed by atoms with E-state index in [0.717, 1.165) is 12.0 Å². The van der Waals surface area contributed by atoms with Crippen LogP contribution in [0.15, 0.2) is 36.4 Å². The zero-order chi connectivity index (χ0) is 18.0. The van der Waals surface area contributed by atoms with Crippen LogP contribution in [0.2, 0.25) is 0 Å². The molecule has 2 aliphatic heterocycles. The number of aliphatic hydroxyl groups excluding tert-OH is 1. The number of benzene rings is 1. The van der Waals surface area contributed by atoms with Crippen molar-refractivity contribution in [2.75, 3.05) is 26.7 Å². The van der Waals surface area contributed by atoms with E-state index in [1.807, 2.05) is 24.3 Å². The van der Waals surface area contributed by atoms with Gasteiger partial charge >= 0.3 is 5.97 Å². The Hall–Kier alpha value is -2.18. The van der Waals surface area contributed by atoms with Gasteiger partial charge in [0.25, 0.3) is 0 Å². The van der Waals surface area contributed by atoms with Crippen LogP contribution in [0, 0.1) is 5.92 Å². The molecule has 0 aliphatic carbocycles. The maximum atomic E-state index is 12.9. The molecule has 134 valence electrons. The third-order valence-corrected chi connectivity index (χ3v) is 5.12. The van der Waals surface area contributed by atoms with Gasteiger partial charge in [0.1, 0.15) is 6.04 Å². The van der Waals surface area contributed by atoms with Crippen molar-refractivity contribution in [3.8, 4) is 0 Å². The molecule has 0 bridgehead atoms. The number of likely N-dealkylation sites (tertiary alicyclic amines) is 1. The molecule has 25 heavy (non-hydrogen) atoms. The fourth-order valence-electron chi connectivity index (χ4n) is 3.82. The van der Waals surface area contributed by atoms with Crippen LogP contribution in [0.3, 0.4) is 0 Å². The predicted octanol–water partition coefficient (Wildman–Crippen LogP) is 1.07. The predicted molar refractivity (Wildman–Crippen MR) is 93.8 cm³/mol. The molecular formula is C19H24N2O4. The number of amides is 1. The Kier molecular flexibility index (Phi) is 5.20. The number of nitrogens with zero attached hydrogens (tertiary/aromatic N) is 2. The zero-order valence-corrected chi connectivity index (χ0v) is 14.3. The highest BCUT2D eigenvalue weighted by molar-refractivity contribution is 5.88. The van der Waals surface area contributed by atoms with Crippen molar-refractivity contribution in [1.82, 2.24) is 9.80 Å². The summed E-state index contributed by atoms with van der Waals surface area (Å²) in [6.07, 6.45) is 2.22. The second kappa shape index (κ2) is 7.37. The van der Waals surface area contributed by atoms with Gasteiger partial charge in [-0.1, -0.05) is 36.4 Å². The molecule has 0 aromatic heterocycles. The molecule has 1 amide bonds. The maximum absolute atomic E-state index is 12.9. The van der Waals surface area contributed by atoms with Gasteiger partial charge in [-0.05, 0) is 31.0 Å². The molecule has 0 radical (unpaired) electrons. The first kappa shape index (κ1) is 17.6. The Morgan fingerprint density at radius 2 is 1.92 bits per heavy atom. The van der Waals surface area contributed by atoms with Crippen LogP contribution in [0.1, 0.15) is 18.4 Å². The molecule has 3 rings (SSSR count). The minimum Gasteiger partial charge on any atom is -0.481 e. The molecule has 3 atom stereocenters. The molecule has 0 saturated carbocycles. The second-order valence-electron chi connectivity index (χ2n) is 6.85. The van der Waals surface area contributed by atoms with Gasteiger partial charge in [0.2, 0.25) is 5.91 Å². The summed E-state index contributed by atoms with van der Waals surface area (Å²) < 4.78 is 0. The van der Waals surface area contributed by atoms with E-state index in [1.165, 1.54) is 5.57 Å². The first-order valence-electron chi connectivity index (χ1n) is 8.61. The number of aliphatic carboxylic acids is 1. The Labute approximate surface area is 147 Å². The largest absolute Gasteiger partial charge is 0.481 e. The average molecular weight is 344 g/mol. The van der Waals surface area contributed by atoms with Crippen LogP contribution in [0.25, 0.3) is 5.57 Å². The van der Waals surface area contributed by atoms with E-state index in [1.54, 1.807) is 16.8 Å². The Bertz CT molecular complexity index is 673. The van der Waals surface area contributed by atoms with E-state index in [9.17, 15) is 19.8 Å². The smallest absolute Gasteiger partial charge is 0.308 e. The minimum absolute atomic E-state index is 0.120. The lowest BCUT2D eigenvalue weighted by atomic mass is 9.86. The number of hydrogen-bond acceptors (Lipinski definition) is 4. The van der Waals surface area contributed by atoms with E-state index < -0.39 is 24.0 Å². The fourth-order valence-corrected chi connectivity index (χ4v) is 3.82. The summed E-state index contributed by atoms with van der Waals surface area (Å²) in [5, 5.41) is 19.3. The minimum atomic E-state index is -1.03. The molecular weight excluding hydrogens is 320 g/mol. The number of aliphatic hydroxyl groups is 1. The molecule has 1 fully saturated rings. The molecule has 2 heterocycles. The number of β-amino-alcohol motifs (C(OH)–C–C–N with tert-alkyl or cyclic N) is 1. The summed E-state index contributed by atoms with van der Waals surface area (Å²) in [5.74, 6) is -2.06. The van der Waals surface area contributed by atoms with Crippen molar-refractivity contribution in [3.05, 3.63) is 42.0 Å². The highest BCUT2D eigenvalue weighted by Crippen LogP contribution is 2.27. The van der Waals surface area contributed by atoms with Crippen LogP contribution in [-0.4, -0.2) is 70.7 Å². The van der Waals surface area contributed by atoms with E-state index in [0.29, 0.717) is 19.6 Å². The van der Waals surface area contributed by atoms with E-state index in [4.69, 9.17) is 0 Å². The average Bonchev–Trinajstić information content (AvgIpc) is 2.61. The number of carboxylic acids is 1. The maximum Gasteiger partial charge on any atom is 0.308 e. The van der Waals surface area contributed by atoms with Crippen LogP contribution in [-0.2, 0) is 9.59 Å². The first-order chi connectivity index (χ1) is 12.0. The van der Waals surface area contributed by atoms with Gasteiger partial charge in [0.15, 0.2) is 0 Å². The number of hydrogen-bond donors (Lipinski definition) is 2. The van der Waals surface area contributed by atoms with Gasteiger partial charge in [0, 0.05) is 19.6 Å². The number of carbonyl (C=O) groups is 2. The van der Waals surface area contributed by atoms with Crippen molar-refractivity contribution in [2.45, 2.75) is 25.0 Å². The first-order valence-corrected chi connectivity index (χ1v) is 8.61. The Morgan fingerprint density at radius 3 is 2.52 bits per heavy atom. The number of piperidine rings is 1. The lowest BCUT2D eigenvalue weighted by molar-refractivity contribution is -0.156. The Balaban J connectivity index is 1.73. The van der Waals surface area contributed by atoms with Gasteiger partial charge in [-0.25, -0.2) is 0 Å². The molecule has 1 aromatic rings. The molecule has 2 aliphatic rings. The SMILES string of the molecule is CN1C[C@@H](O)C[C@H](C(=O)O)[C@H]1C(=O)N1CC=C(c2ccccc2)CC1. The molecule has 2 N–H and O–H groups in total. The van der Waals surface area contributed by atoms with Crippen molar-refractivity contribution in [1.29, 1.82) is 0 Å². The summed E-state index contributed by atoms with van der Waals surface area (Å²) in [5.41, 5.74) is 2.38. The summed E-state index contributed by atoms with van der Waals surface area (Å²) in [6, 6.07) is 9.36. The topological polar surface area (TPSA) is 81.1 Å². The van der Waals surface area contributed by atoms with Gasteiger partial charge in [-0.15, -0.1) is 0 Å². The summed E-state index contributed by atoms with van der Waals surface area (Å²) in [6.45, 7) is 1.39. The third kappa shape index (κ3) is 3.75. The van der Waals surface area contributed by atoms with E-state index >= 15 is 0 Å². The molecule has 6 heteroatoms. The number of carboxylic acid groups (broad SMARTS) is 1. The van der Waals surface area contributed by atoms with E-state index in [2.05, 4.69) is 12.1 Å². The fraction of sp³-hybridized carbons (Fsp3) is 0.474. The van der Waals surface area contributed by atoms with Crippen molar-refractivity contribution >= 4 is 17.4 Å². The van der Waals surface area contributed by atoms with E-state index in [-0.39, 0.29) is 12.3 Å². The molecule has 1 saturated heterocycles. The van der Waals surface area contributed by atoms with Gasteiger partial charge in [-0.3, -0.25) is 14.5 Å². The van der Waals surface area contributed by atoms with Crippen molar-refractivity contribution < 1.29 is 19.8 Å². The number of likely N-dealkylation sites (N-methyl/N-ethyl adjacent to an activating group) is 1. The third-order valence-electron chi connectivity index (χ3n) is 5.12. The molecule has 1 aromatic carbocycles. The van der Waals surface area contributed by atoms with Crippen LogP contribution >= 0.6 is 0 Å². The van der Waals surface area contributed by atoms with Gasteiger partial charge < -0.3 is 15.1 Å². The summed E-state index contributed by atoms with van der Waals surface area (Å²) >= 11 is 0. The molecule has 6 nitrogen and oxygen atoms in total. The molecule has 0 spiro atoms. The van der Waals surface area contributed by atoms with Gasteiger partial charge in [-0.2, -0.15) is 0 Å². The standard InChI is InChI=1S/C19H24N2O4/c1-20-12-15(22)11-16(19(24)25)17(20)18(23)21-9-7-14(8-10-21)13-5-3-2-4-6-13/h2-7,15-17,22H,8-12H2,1H3,(H,24,25)/t15-,16-,17-/m0/s1. The Morgan fingerprint density at radius 1 is 1.20 bits per heavy atom. The van der Waals surface area contributed by atoms with Crippen molar-refractivity contribution in [3.63, 3.8) is 0 Å². The summed E-state index contributed by atoms with van der Waals surface area (Å²) in [4.78, 5) is 27.9. The quantitative estimate of drug-likeness (QED) is 0.857. The van der Waals surface area contributed by atoms with Gasteiger partial charge in [0.05, 0.1) is 12.0 Å². The monoisotopic (exact) mass is 344 g/mol. The zero-order valence-electron chi connectivity index (χ0n) is 14.3. The lowest BCUT2D eigenvalue weighted by Crippen LogP contribution is -2.58. The molecule has 0 unspecified atom stereocenters. The summed E-state index contributed by atoms with van der Waals surface area (Å²) in [7, 11) is 1.70. The normalized spacial score (nSPS) is 27.7. The highest BCUT2D eigenvalue weighted by atomic mass is 16.4.